The van der Waals surface area contributed by atoms with Gasteiger partial charge < -0.3 is 14.7 Å². The first-order valence-corrected chi connectivity index (χ1v) is 7.35. The summed E-state index contributed by atoms with van der Waals surface area (Å²) in [6.07, 6.45) is 1.68. The molecule has 0 bridgehead atoms. The standard InChI is InChI=1S/C17H25NO2/c1-3-11-18(4-2)12-14-20-17-10-7-9-16(15-17)8-5-6-13-19/h7,9-10,15,19H,3-4,6,11-14H2,1-2H3. The van der Waals surface area contributed by atoms with E-state index in [4.69, 9.17) is 9.84 Å². The minimum Gasteiger partial charge on any atom is -0.492 e. The molecule has 0 heterocycles. The molecule has 1 aromatic rings. The monoisotopic (exact) mass is 275 g/mol. The van der Waals surface area contributed by atoms with Crippen LogP contribution < -0.4 is 4.74 Å². The summed E-state index contributed by atoms with van der Waals surface area (Å²) in [6, 6.07) is 7.79. The molecule has 110 valence electrons. The van der Waals surface area contributed by atoms with Gasteiger partial charge in [-0.1, -0.05) is 31.8 Å². The van der Waals surface area contributed by atoms with Gasteiger partial charge in [0.05, 0.1) is 6.61 Å². The van der Waals surface area contributed by atoms with E-state index in [0.29, 0.717) is 13.0 Å². The average molecular weight is 275 g/mol. The van der Waals surface area contributed by atoms with Gasteiger partial charge in [-0.15, -0.1) is 0 Å². The Morgan fingerprint density at radius 2 is 2.10 bits per heavy atom. The molecule has 0 saturated carbocycles. The van der Waals surface area contributed by atoms with Crippen LogP contribution in [0.25, 0.3) is 0 Å². The van der Waals surface area contributed by atoms with E-state index in [9.17, 15) is 0 Å². The smallest absolute Gasteiger partial charge is 0.120 e. The van der Waals surface area contributed by atoms with Crippen LogP contribution in [0.1, 0.15) is 32.3 Å². The molecule has 0 amide bonds. The highest BCUT2D eigenvalue weighted by Gasteiger charge is 2.01. The molecule has 0 radical (unpaired) electrons. The van der Waals surface area contributed by atoms with E-state index in [2.05, 4.69) is 30.6 Å². The Morgan fingerprint density at radius 3 is 2.80 bits per heavy atom. The molecule has 0 saturated heterocycles. The van der Waals surface area contributed by atoms with Gasteiger partial charge in [-0.05, 0) is 37.7 Å². The number of benzene rings is 1. The maximum absolute atomic E-state index is 8.70. The molecule has 0 aliphatic heterocycles. The summed E-state index contributed by atoms with van der Waals surface area (Å²) >= 11 is 0. The van der Waals surface area contributed by atoms with Gasteiger partial charge in [0.25, 0.3) is 0 Å². The SMILES string of the molecule is CCCN(CC)CCOc1cccc(C#CCCO)c1. The van der Waals surface area contributed by atoms with Crippen molar-refractivity contribution in [2.75, 3.05) is 32.8 Å². The van der Waals surface area contributed by atoms with Gasteiger partial charge in [-0.2, -0.15) is 0 Å². The van der Waals surface area contributed by atoms with Crippen molar-refractivity contribution < 1.29 is 9.84 Å². The van der Waals surface area contributed by atoms with E-state index in [-0.39, 0.29) is 6.61 Å². The molecule has 0 fully saturated rings. The second kappa shape index (κ2) is 10.3. The van der Waals surface area contributed by atoms with Gasteiger partial charge in [-0.25, -0.2) is 0 Å². The minimum absolute atomic E-state index is 0.105. The molecular weight excluding hydrogens is 250 g/mol. The molecule has 1 N–H and O–H groups in total. The predicted molar refractivity (Wildman–Crippen MR) is 82.9 cm³/mol. The van der Waals surface area contributed by atoms with Crippen LogP contribution in [0.5, 0.6) is 5.75 Å². The summed E-state index contributed by atoms with van der Waals surface area (Å²) in [4.78, 5) is 2.38. The normalized spacial score (nSPS) is 10.2. The Kier molecular flexibility index (Phi) is 8.53. The third-order valence-corrected chi connectivity index (χ3v) is 2.97. The fourth-order valence-electron chi connectivity index (χ4n) is 1.92. The molecule has 0 atom stereocenters. The van der Waals surface area contributed by atoms with E-state index < -0.39 is 0 Å². The zero-order valence-corrected chi connectivity index (χ0v) is 12.6. The third kappa shape index (κ3) is 6.60. The van der Waals surface area contributed by atoms with Gasteiger partial charge in [0.15, 0.2) is 0 Å². The maximum Gasteiger partial charge on any atom is 0.120 e. The van der Waals surface area contributed by atoms with Crippen molar-refractivity contribution in [3.8, 4) is 17.6 Å². The predicted octanol–water partition coefficient (Wildman–Crippen LogP) is 2.53. The van der Waals surface area contributed by atoms with Crippen molar-refractivity contribution in [1.29, 1.82) is 0 Å². The molecule has 1 aromatic carbocycles. The molecular formula is C17H25NO2. The van der Waals surface area contributed by atoms with Crippen molar-refractivity contribution in [3.05, 3.63) is 29.8 Å². The van der Waals surface area contributed by atoms with E-state index in [1.165, 1.54) is 6.42 Å². The number of hydrogen-bond acceptors (Lipinski definition) is 3. The molecule has 0 spiro atoms. The lowest BCUT2D eigenvalue weighted by Crippen LogP contribution is -2.28. The van der Waals surface area contributed by atoms with Gasteiger partial charge in [0.1, 0.15) is 12.4 Å². The minimum atomic E-state index is 0.105. The Labute approximate surface area is 122 Å². The van der Waals surface area contributed by atoms with Crippen molar-refractivity contribution in [1.82, 2.24) is 4.90 Å². The molecule has 0 aromatic heterocycles. The lowest BCUT2D eigenvalue weighted by atomic mass is 10.2. The number of aliphatic hydroxyl groups is 1. The summed E-state index contributed by atoms with van der Waals surface area (Å²) in [7, 11) is 0. The Bertz CT molecular complexity index is 434. The number of rotatable bonds is 8. The molecule has 3 heteroatoms. The van der Waals surface area contributed by atoms with Gasteiger partial charge >= 0.3 is 0 Å². The summed E-state index contributed by atoms with van der Waals surface area (Å²) in [6.45, 7) is 8.29. The Hall–Kier alpha value is -1.50. The topological polar surface area (TPSA) is 32.7 Å². The van der Waals surface area contributed by atoms with E-state index in [1.54, 1.807) is 0 Å². The lowest BCUT2D eigenvalue weighted by Gasteiger charge is -2.19. The summed E-state index contributed by atoms with van der Waals surface area (Å²) < 4.78 is 5.77. The van der Waals surface area contributed by atoms with Crippen LogP contribution in [0.3, 0.4) is 0 Å². The fourth-order valence-corrected chi connectivity index (χ4v) is 1.92. The van der Waals surface area contributed by atoms with Gasteiger partial charge in [0.2, 0.25) is 0 Å². The lowest BCUT2D eigenvalue weighted by molar-refractivity contribution is 0.216. The highest BCUT2D eigenvalue weighted by molar-refractivity contribution is 5.39. The maximum atomic E-state index is 8.70. The molecule has 1 rings (SSSR count). The molecule has 20 heavy (non-hydrogen) atoms. The molecule has 0 unspecified atom stereocenters. The first-order chi connectivity index (χ1) is 9.80. The van der Waals surface area contributed by atoms with Crippen LogP contribution in [0.4, 0.5) is 0 Å². The highest BCUT2D eigenvalue weighted by Crippen LogP contribution is 2.12. The Balaban J connectivity index is 2.44. The fraction of sp³-hybridized carbons (Fsp3) is 0.529. The van der Waals surface area contributed by atoms with Crippen molar-refractivity contribution >= 4 is 0 Å². The number of likely N-dealkylation sites (N-methyl/N-ethyl adjacent to an activating group) is 1. The van der Waals surface area contributed by atoms with Crippen LogP contribution in [-0.4, -0.2) is 42.9 Å². The first kappa shape index (κ1) is 16.6. The van der Waals surface area contributed by atoms with E-state index in [0.717, 1.165) is 30.9 Å². The van der Waals surface area contributed by atoms with Crippen LogP contribution in [-0.2, 0) is 0 Å². The van der Waals surface area contributed by atoms with Gasteiger partial charge in [-0.3, -0.25) is 0 Å². The summed E-state index contributed by atoms with van der Waals surface area (Å²) in [5.74, 6) is 6.79. The Morgan fingerprint density at radius 1 is 1.25 bits per heavy atom. The van der Waals surface area contributed by atoms with Crippen molar-refractivity contribution in [2.24, 2.45) is 0 Å². The van der Waals surface area contributed by atoms with Gasteiger partial charge in [0, 0.05) is 18.5 Å². The average Bonchev–Trinajstić information content (AvgIpc) is 2.47. The molecule has 0 aliphatic rings. The van der Waals surface area contributed by atoms with Crippen LogP contribution in [0.2, 0.25) is 0 Å². The van der Waals surface area contributed by atoms with Crippen molar-refractivity contribution in [2.45, 2.75) is 26.7 Å². The number of hydrogen-bond donors (Lipinski definition) is 1. The van der Waals surface area contributed by atoms with Crippen LogP contribution in [0.15, 0.2) is 24.3 Å². The second-order valence-electron chi connectivity index (χ2n) is 4.59. The number of nitrogens with zero attached hydrogens (tertiary/aromatic N) is 1. The summed E-state index contributed by atoms with van der Waals surface area (Å²) in [5, 5.41) is 8.70. The second-order valence-corrected chi connectivity index (χ2v) is 4.59. The largest absolute Gasteiger partial charge is 0.492 e. The van der Waals surface area contributed by atoms with Crippen molar-refractivity contribution in [3.63, 3.8) is 0 Å². The highest BCUT2D eigenvalue weighted by atomic mass is 16.5. The third-order valence-electron chi connectivity index (χ3n) is 2.97. The van der Waals surface area contributed by atoms with Crippen LogP contribution >= 0.6 is 0 Å². The molecule has 3 nitrogen and oxygen atoms in total. The molecule has 0 aliphatic carbocycles. The quantitative estimate of drug-likeness (QED) is 0.740. The number of aliphatic hydroxyl groups excluding tert-OH is 1. The number of ether oxygens (including phenoxy) is 1. The van der Waals surface area contributed by atoms with Crippen LogP contribution in [0, 0.1) is 11.8 Å². The van der Waals surface area contributed by atoms with E-state index >= 15 is 0 Å². The van der Waals surface area contributed by atoms with E-state index in [1.807, 2.05) is 24.3 Å². The zero-order chi connectivity index (χ0) is 14.6. The zero-order valence-electron chi connectivity index (χ0n) is 12.6. The first-order valence-electron chi connectivity index (χ1n) is 7.35. The summed E-state index contributed by atoms with van der Waals surface area (Å²) in [5.41, 5.74) is 0.928.